The normalized spacial score (nSPS) is 11.2. The van der Waals surface area contributed by atoms with Crippen LogP contribution in [-0.2, 0) is 12.8 Å². The molecule has 0 fully saturated rings. The van der Waals surface area contributed by atoms with E-state index in [0.29, 0.717) is 0 Å². The van der Waals surface area contributed by atoms with Gasteiger partial charge in [0.1, 0.15) is 0 Å². The third-order valence-electron chi connectivity index (χ3n) is 6.40. The van der Waals surface area contributed by atoms with Crippen LogP contribution in [0.2, 0.25) is 0 Å². The molecule has 0 N–H and O–H groups in total. The summed E-state index contributed by atoms with van der Waals surface area (Å²) in [6, 6.07) is 4.66. The molecule has 32 heavy (non-hydrogen) atoms. The van der Waals surface area contributed by atoms with Gasteiger partial charge in [0.2, 0.25) is 0 Å². The summed E-state index contributed by atoms with van der Waals surface area (Å²) in [4.78, 5) is 2.85. The fraction of sp³-hybridized carbons (Fsp3) is 0.533. The maximum Gasteiger partial charge on any atom is 0.0521 e. The predicted molar refractivity (Wildman–Crippen MR) is 147 cm³/mol. The lowest BCUT2D eigenvalue weighted by atomic mass is 10.0. The second kappa shape index (κ2) is 13.1. The number of thiophene rings is 2. The van der Waals surface area contributed by atoms with Crippen molar-refractivity contribution in [2.75, 3.05) is 0 Å². The minimum atomic E-state index is 1.05. The van der Waals surface area contributed by atoms with Crippen LogP contribution >= 0.6 is 22.7 Å². The Morgan fingerprint density at radius 3 is 1.34 bits per heavy atom. The number of benzene rings is 1. The molecular formula is C30H38S2. The van der Waals surface area contributed by atoms with Crippen molar-refractivity contribution in [2.24, 2.45) is 0 Å². The molecule has 0 radical (unpaired) electrons. The van der Waals surface area contributed by atoms with Gasteiger partial charge in [-0.05, 0) is 37.8 Å². The summed E-state index contributed by atoms with van der Waals surface area (Å²) in [6.45, 7) is 4.54. The Kier molecular flexibility index (Phi) is 10.2. The van der Waals surface area contributed by atoms with Gasteiger partial charge in [0.25, 0.3) is 0 Å². The lowest BCUT2D eigenvalue weighted by molar-refractivity contribution is 0.609. The third kappa shape index (κ3) is 6.19. The standard InChI is InChI=1S/C30H38S2/c1-5-9-11-13-15-17-19-23-21-27-25(7-3)30-28(26(8-4)29(27)31-23)22-24(32-30)20-18-16-14-12-10-6-2/h3-4,21-22H,5-6,9-20H2,1-2H3. The van der Waals surface area contributed by atoms with E-state index >= 15 is 0 Å². The van der Waals surface area contributed by atoms with Crippen molar-refractivity contribution < 1.29 is 0 Å². The smallest absolute Gasteiger partial charge is 0.0521 e. The topological polar surface area (TPSA) is 0 Å². The van der Waals surface area contributed by atoms with E-state index in [-0.39, 0.29) is 0 Å². The van der Waals surface area contributed by atoms with Crippen molar-refractivity contribution in [3.63, 3.8) is 0 Å². The molecule has 1 aromatic carbocycles. The zero-order valence-electron chi connectivity index (χ0n) is 20.0. The minimum Gasteiger partial charge on any atom is -0.139 e. The Morgan fingerprint density at radius 1 is 0.594 bits per heavy atom. The first-order valence-electron chi connectivity index (χ1n) is 12.7. The molecule has 0 atom stereocenters. The SMILES string of the molecule is C#Cc1c2cc(CCCCCCCC)sc2c(C#C)c2cc(CCCCCCCC)sc12. The van der Waals surface area contributed by atoms with Gasteiger partial charge in [0.15, 0.2) is 0 Å². The van der Waals surface area contributed by atoms with Gasteiger partial charge in [-0.2, -0.15) is 0 Å². The van der Waals surface area contributed by atoms with Crippen LogP contribution in [0.1, 0.15) is 112 Å². The molecule has 3 aromatic rings. The fourth-order valence-electron chi connectivity index (χ4n) is 4.56. The van der Waals surface area contributed by atoms with Crippen molar-refractivity contribution in [1.82, 2.24) is 0 Å². The highest BCUT2D eigenvalue weighted by Crippen LogP contribution is 2.41. The first-order valence-corrected chi connectivity index (χ1v) is 14.3. The first-order chi connectivity index (χ1) is 15.7. The van der Waals surface area contributed by atoms with Crippen LogP contribution in [0.4, 0.5) is 0 Å². The summed E-state index contributed by atoms with van der Waals surface area (Å²) in [5, 5.41) is 2.40. The molecule has 2 heteroatoms. The molecule has 0 bridgehead atoms. The monoisotopic (exact) mass is 462 g/mol. The van der Waals surface area contributed by atoms with E-state index in [1.807, 2.05) is 22.7 Å². The largest absolute Gasteiger partial charge is 0.139 e. The van der Waals surface area contributed by atoms with Gasteiger partial charge in [-0.3, -0.25) is 0 Å². The van der Waals surface area contributed by atoms with Crippen LogP contribution < -0.4 is 0 Å². The molecule has 0 saturated heterocycles. The summed E-state index contributed by atoms with van der Waals surface area (Å²) in [7, 11) is 0. The van der Waals surface area contributed by atoms with E-state index < -0.39 is 0 Å². The zero-order chi connectivity index (χ0) is 22.8. The second-order valence-corrected chi connectivity index (χ2v) is 11.3. The average Bonchev–Trinajstić information content (AvgIpc) is 3.41. The number of fused-ring (bicyclic) bond motifs is 2. The van der Waals surface area contributed by atoms with E-state index in [1.165, 1.54) is 107 Å². The zero-order valence-corrected chi connectivity index (χ0v) is 21.7. The molecule has 170 valence electrons. The maximum absolute atomic E-state index is 6.04. The third-order valence-corrected chi connectivity index (χ3v) is 8.83. The van der Waals surface area contributed by atoms with Crippen molar-refractivity contribution >= 4 is 42.8 Å². The van der Waals surface area contributed by atoms with Gasteiger partial charge in [-0.1, -0.05) is 89.9 Å². The number of aryl methyl sites for hydroxylation is 2. The van der Waals surface area contributed by atoms with Gasteiger partial charge in [-0.25, -0.2) is 0 Å². The van der Waals surface area contributed by atoms with Crippen molar-refractivity contribution in [3.05, 3.63) is 33.0 Å². The van der Waals surface area contributed by atoms with Gasteiger partial charge < -0.3 is 0 Å². The van der Waals surface area contributed by atoms with Gasteiger partial charge in [0.05, 0.1) is 20.5 Å². The average molecular weight is 463 g/mol. The van der Waals surface area contributed by atoms with E-state index in [9.17, 15) is 0 Å². The van der Waals surface area contributed by atoms with E-state index in [4.69, 9.17) is 12.8 Å². The van der Waals surface area contributed by atoms with Gasteiger partial charge in [-0.15, -0.1) is 35.5 Å². The van der Waals surface area contributed by atoms with Gasteiger partial charge >= 0.3 is 0 Å². The highest BCUT2D eigenvalue weighted by molar-refractivity contribution is 7.21. The molecular weight excluding hydrogens is 424 g/mol. The summed E-state index contributed by atoms with van der Waals surface area (Å²) in [5.41, 5.74) is 2.11. The first kappa shape index (κ1) is 24.9. The Hall–Kier alpha value is -1.74. The van der Waals surface area contributed by atoms with Crippen molar-refractivity contribution in [2.45, 2.75) is 104 Å². The lowest BCUT2D eigenvalue weighted by Crippen LogP contribution is -1.83. The Morgan fingerprint density at radius 2 is 0.969 bits per heavy atom. The fourth-order valence-corrected chi connectivity index (χ4v) is 7.02. The summed E-state index contributed by atoms with van der Waals surface area (Å²) >= 11 is 3.73. The van der Waals surface area contributed by atoms with Crippen molar-refractivity contribution in [3.8, 4) is 24.7 Å². The molecule has 0 unspecified atom stereocenters. The summed E-state index contributed by atoms with van der Waals surface area (Å²) in [6.07, 6.45) is 30.2. The van der Waals surface area contributed by atoms with Crippen LogP contribution in [0.15, 0.2) is 12.1 Å². The highest BCUT2D eigenvalue weighted by atomic mass is 32.1. The van der Waals surface area contributed by atoms with E-state index in [2.05, 4.69) is 37.8 Å². The predicted octanol–water partition coefficient (Wildman–Crippen LogP) is 9.88. The Balaban J connectivity index is 1.77. The summed E-state index contributed by atoms with van der Waals surface area (Å²) < 4.78 is 2.44. The van der Waals surface area contributed by atoms with Crippen LogP contribution in [0.5, 0.6) is 0 Å². The molecule has 0 aliphatic heterocycles. The molecule has 2 aromatic heterocycles. The maximum atomic E-state index is 6.04. The van der Waals surface area contributed by atoms with Crippen LogP contribution in [0.25, 0.3) is 20.2 Å². The number of hydrogen-bond acceptors (Lipinski definition) is 2. The van der Waals surface area contributed by atoms with Crippen LogP contribution in [0, 0.1) is 24.7 Å². The number of unbranched alkanes of at least 4 members (excludes halogenated alkanes) is 10. The molecule has 0 spiro atoms. The van der Waals surface area contributed by atoms with E-state index in [1.54, 1.807) is 0 Å². The number of terminal acetylenes is 2. The Bertz CT molecular complexity index is 940. The lowest BCUT2D eigenvalue weighted by Gasteiger charge is -2.02. The van der Waals surface area contributed by atoms with Crippen LogP contribution in [-0.4, -0.2) is 0 Å². The molecule has 0 saturated carbocycles. The molecule has 0 amide bonds. The molecule has 2 heterocycles. The van der Waals surface area contributed by atoms with Crippen LogP contribution in [0.3, 0.4) is 0 Å². The Labute approximate surface area is 203 Å². The van der Waals surface area contributed by atoms with Gasteiger partial charge in [0, 0.05) is 20.5 Å². The van der Waals surface area contributed by atoms with E-state index in [0.717, 1.165) is 24.0 Å². The second-order valence-electron chi connectivity index (χ2n) is 8.99. The number of rotatable bonds is 14. The molecule has 3 rings (SSSR count). The number of hydrogen-bond donors (Lipinski definition) is 0. The molecule has 0 nitrogen and oxygen atoms in total. The quantitative estimate of drug-likeness (QED) is 0.165. The molecule has 0 aliphatic carbocycles. The molecule has 0 aliphatic rings. The summed E-state index contributed by atoms with van der Waals surface area (Å²) in [5.74, 6) is 6.04. The van der Waals surface area contributed by atoms with Crippen molar-refractivity contribution in [1.29, 1.82) is 0 Å². The highest BCUT2D eigenvalue weighted by Gasteiger charge is 2.17. The minimum absolute atomic E-state index is 1.05.